The number of rotatable bonds is 3. The highest BCUT2D eigenvalue weighted by Crippen LogP contribution is 2.49. The van der Waals surface area contributed by atoms with Crippen LogP contribution in [0.4, 0.5) is 17.6 Å². The molecule has 1 aromatic rings. The molecule has 1 aromatic heterocycles. The van der Waals surface area contributed by atoms with Crippen LogP contribution in [0, 0.1) is 28.0 Å². The molecule has 3 heterocycles. The van der Waals surface area contributed by atoms with Crippen molar-refractivity contribution in [3.05, 3.63) is 29.3 Å². The minimum atomic E-state index is -4.95. The second-order valence-corrected chi connectivity index (χ2v) is 9.94. The number of piperidine rings is 2. The maximum absolute atomic E-state index is 14.3. The van der Waals surface area contributed by atoms with Crippen molar-refractivity contribution in [2.45, 2.75) is 65.1 Å². The van der Waals surface area contributed by atoms with Crippen molar-refractivity contribution in [2.24, 2.45) is 10.8 Å². The average molecular weight is 455 g/mol. The fourth-order valence-electron chi connectivity index (χ4n) is 5.07. The Labute approximate surface area is 186 Å². The number of pyridine rings is 1. The number of nitriles is 1. The van der Waals surface area contributed by atoms with Gasteiger partial charge < -0.3 is 9.80 Å². The maximum Gasteiger partial charge on any atom is 0.436 e. The fourth-order valence-corrected chi connectivity index (χ4v) is 5.07. The summed E-state index contributed by atoms with van der Waals surface area (Å²) in [6, 6.07) is 3.64. The monoisotopic (exact) mass is 454 g/mol. The summed E-state index contributed by atoms with van der Waals surface area (Å²) in [6.45, 7) is 9.06. The van der Waals surface area contributed by atoms with Gasteiger partial charge >= 0.3 is 6.18 Å². The Morgan fingerprint density at radius 2 is 1.78 bits per heavy atom. The summed E-state index contributed by atoms with van der Waals surface area (Å²) < 4.78 is 53.1. The van der Waals surface area contributed by atoms with Crippen LogP contribution in [0.1, 0.15) is 68.9 Å². The number of likely N-dealkylation sites (tertiary alicyclic amines) is 2. The van der Waals surface area contributed by atoms with Gasteiger partial charge in [0.2, 0.25) is 0 Å². The van der Waals surface area contributed by atoms with E-state index in [0.717, 1.165) is 38.2 Å². The Kier molecular flexibility index (Phi) is 6.85. The van der Waals surface area contributed by atoms with Crippen LogP contribution in [0.2, 0.25) is 0 Å². The fraction of sp³-hybridized carbons (Fsp3) is 0.696. The number of hydrogen-bond acceptors (Lipinski definition) is 4. The summed E-state index contributed by atoms with van der Waals surface area (Å²) in [7, 11) is 0. The van der Waals surface area contributed by atoms with E-state index in [9.17, 15) is 27.6 Å². The van der Waals surface area contributed by atoms with Gasteiger partial charge in [-0.25, -0.2) is 9.37 Å². The Morgan fingerprint density at radius 1 is 1.19 bits per heavy atom. The zero-order valence-electron chi connectivity index (χ0n) is 18.8. The zero-order valence-corrected chi connectivity index (χ0v) is 18.8. The first-order chi connectivity index (χ1) is 14.9. The summed E-state index contributed by atoms with van der Waals surface area (Å²) in [6.07, 6.45) is -0.347. The van der Waals surface area contributed by atoms with Crippen LogP contribution in [-0.2, 0) is 6.18 Å². The molecular formula is C23H30F4N4O. The Balaban J connectivity index is 1.61. The molecule has 0 N–H and O–H groups in total. The van der Waals surface area contributed by atoms with Gasteiger partial charge in [-0.05, 0) is 55.7 Å². The van der Waals surface area contributed by atoms with E-state index in [1.165, 1.54) is 4.90 Å². The van der Waals surface area contributed by atoms with E-state index in [-0.39, 0.29) is 16.9 Å². The number of amides is 1. The highest BCUT2D eigenvalue weighted by atomic mass is 19.4. The molecule has 0 radical (unpaired) electrons. The normalized spacial score (nSPS) is 20.8. The van der Waals surface area contributed by atoms with E-state index in [4.69, 9.17) is 0 Å². The minimum Gasteiger partial charge on any atom is -0.338 e. The smallest absolute Gasteiger partial charge is 0.338 e. The molecule has 2 aliphatic rings. The lowest BCUT2D eigenvalue weighted by molar-refractivity contribution is -0.143. The van der Waals surface area contributed by atoms with Crippen LogP contribution in [0.3, 0.4) is 0 Å². The van der Waals surface area contributed by atoms with E-state index >= 15 is 0 Å². The lowest BCUT2D eigenvalue weighted by atomic mass is 9.60. The number of halogens is 4. The van der Waals surface area contributed by atoms with Crippen molar-refractivity contribution in [2.75, 3.05) is 26.2 Å². The largest absolute Gasteiger partial charge is 0.436 e. The van der Waals surface area contributed by atoms with Crippen LogP contribution in [0.15, 0.2) is 12.3 Å². The highest BCUT2D eigenvalue weighted by Gasteiger charge is 2.45. The number of hydrogen-bond donors (Lipinski definition) is 0. The molecule has 3 rings (SSSR count). The number of aromatic nitrogens is 1. The van der Waals surface area contributed by atoms with Gasteiger partial charge in [-0.3, -0.25) is 4.79 Å². The molecule has 0 atom stereocenters. The van der Waals surface area contributed by atoms with Crippen molar-refractivity contribution in [1.29, 1.82) is 5.26 Å². The average Bonchev–Trinajstić information content (AvgIpc) is 2.73. The highest BCUT2D eigenvalue weighted by molar-refractivity contribution is 5.94. The first-order valence-electron chi connectivity index (χ1n) is 11.0. The minimum absolute atomic E-state index is 0.00994. The van der Waals surface area contributed by atoms with Gasteiger partial charge in [-0.1, -0.05) is 20.8 Å². The second-order valence-electron chi connectivity index (χ2n) is 9.94. The van der Waals surface area contributed by atoms with Gasteiger partial charge in [0.15, 0.2) is 11.5 Å². The molecule has 1 amide bonds. The maximum atomic E-state index is 14.3. The van der Waals surface area contributed by atoms with Gasteiger partial charge in [0.05, 0.1) is 11.6 Å². The van der Waals surface area contributed by atoms with Crippen molar-refractivity contribution < 1.29 is 22.4 Å². The van der Waals surface area contributed by atoms with Crippen LogP contribution in [0.5, 0.6) is 0 Å². The molecule has 0 bridgehead atoms. The topological polar surface area (TPSA) is 60.2 Å². The molecule has 5 nitrogen and oxygen atoms in total. The van der Waals surface area contributed by atoms with E-state index < -0.39 is 29.2 Å². The molecule has 0 saturated carbocycles. The van der Waals surface area contributed by atoms with Gasteiger partial charge in [-0.2, -0.15) is 18.4 Å². The molecule has 32 heavy (non-hydrogen) atoms. The third-order valence-electron chi connectivity index (χ3n) is 7.42. The predicted molar refractivity (Wildman–Crippen MR) is 111 cm³/mol. The Morgan fingerprint density at radius 3 is 2.28 bits per heavy atom. The van der Waals surface area contributed by atoms with E-state index in [0.29, 0.717) is 32.4 Å². The van der Waals surface area contributed by atoms with Crippen LogP contribution < -0.4 is 0 Å². The van der Waals surface area contributed by atoms with Crippen molar-refractivity contribution >= 4 is 5.91 Å². The number of carbonyl (C=O) groups is 1. The van der Waals surface area contributed by atoms with E-state index in [2.05, 4.69) is 36.7 Å². The molecule has 2 saturated heterocycles. The van der Waals surface area contributed by atoms with E-state index in [1.54, 1.807) is 0 Å². The third kappa shape index (κ3) is 4.75. The number of alkyl halides is 3. The third-order valence-corrected chi connectivity index (χ3v) is 7.42. The van der Waals surface area contributed by atoms with Crippen LogP contribution >= 0.6 is 0 Å². The Bertz CT molecular complexity index is 871. The molecule has 2 fully saturated rings. The summed E-state index contributed by atoms with van der Waals surface area (Å²) in [5.74, 6) is -2.34. The summed E-state index contributed by atoms with van der Waals surface area (Å²) in [4.78, 5) is 19.6. The molecular weight excluding hydrogens is 424 g/mol. The lowest BCUT2D eigenvalue weighted by Gasteiger charge is -2.51. The van der Waals surface area contributed by atoms with E-state index in [1.807, 2.05) is 0 Å². The molecule has 9 heteroatoms. The zero-order chi connectivity index (χ0) is 23.7. The molecule has 0 aromatic carbocycles. The molecule has 0 spiro atoms. The van der Waals surface area contributed by atoms with Crippen molar-refractivity contribution in [1.82, 2.24) is 14.8 Å². The number of carbonyl (C=O) groups excluding carboxylic acids is 1. The summed E-state index contributed by atoms with van der Waals surface area (Å²) in [5, 5.41) is 9.32. The van der Waals surface area contributed by atoms with Crippen molar-refractivity contribution in [3.63, 3.8) is 0 Å². The summed E-state index contributed by atoms with van der Waals surface area (Å²) >= 11 is 0. The standard InChI is InChI=1S/C23H30F4N4O/c1-21(2,3)22(7-10-28)8-14-30(15-9-22)16-5-12-31(13-6-16)20(32)17-4-11-29-19(18(17)24)23(25,26)27/h4,11,16H,5-9,12-15H2,1-3H3. The number of nitrogens with zero attached hydrogens (tertiary/aromatic N) is 4. The first kappa shape index (κ1) is 24.4. The summed E-state index contributed by atoms with van der Waals surface area (Å²) in [5.41, 5.74) is -2.22. The van der Waals surface area contributed by atoms with Crippen LogP contribution in [-0.4, -0.2) is 52.9 Å². The van der Waals surface area contributed by atoms with Gasteiger partial charge in [0.1, 0.15) is 0 Å². The molecule has 0 aliphatic carbocycles. The Hall–Kier alpha value is -2.21. The van der Waals surface area contributed by atoms with Crippen LogP contribution in [0.25, 0.3) is 0 Å². The van der Waals surface area contributed by atoms with Crippen molar-refractivity contribution in [3.8, 4) is 6.07 Å². The lowest BCUT2D eigenvalue weighted by Crippen LogP contribution is -2.52. The quantitative estimate of drug-likeness (QED) is 0.611. The molecule has 0 unspecified atom stereocenters. The second kappa shape index (κ2) is 8.97. The molecule has 176 valence electrons. The molecule has 2 aliphatic heterocycles. The SMILES string of the molecule is CC(C)(C)C1(CC#N)CCN(C2CCN(C(=O)c3ccnc(C(F)(F)F)c3F)CC2)CC1. The predicted octanol–water partition coefficient (Wildman–Crippen LogP) is 4.89. The van der Waals surface area contributed by atoms with Gasteiger partial charge in [0.25, 0.3) is 5.91 Å². The van der Waals surface area contributed by atoms with Gasteiger partial charge in [0, 0.05) is 31.7 Å². The van der Waals surface area contributed by atoms with Gasteiger partial charge in [-0.15, -0.1) is 0 Å². The first-order valence-corrected chi connectivity index (χ1v) is 11.0.